The molecule has 0 bridgehead atoms. The van der Waals surface area contributed by atoms with Gasteiger partial charge in [0, 0.05) is 10.9 Å². The first-order chi connectivity index (χ1) is 7.84. The SMILES string of the molecule is Nc1ccc(-c2coc3ccccc23)nn1. The van der Waals surface area contributed by atoms with Crippen molar-refractivity contribution < 1.29 is 4.42 Å². The number of nitrogen functional groups attached to an aromatic ring is 1. The van der Waals surface area contributed by atoms with E-state index >= 15 is 0 Å². The normalized spacial score (nSPS) is 10.8. The summed E-state index contributed by atoms with van der Waals surface area (Å²) in [6.45, 7) is 0. The Morgan fingerprint density at radius 1 is 1.00 bits per heavy atom. The van der Waals surface area contributed by atoms with Crippen molar-refractivity contribution in [3.63, 3.8) is 0 Å². The molecule has 2 N–H and O–H groups in total. The summed E-state index contributed by atoms with van der Waals surface area (Å²) >= 11 is 0. The molecular formula is C12H9N3O. The fraction of sp³-hybridized carbons (Fsp3) is 0. The molecule has 0 atom stereocenters. The summed E-state index contributed by atoms with van der Waals surface area (Å²) in [5.74, 6) is 0.413. The van der Waals surface area contributed by atoms with Gasteiger partial charge in [0.25, 0.3) is 0 Å². The largest absolute Gasteiger partial charge is 0.464 e. The zero-order valence-electron chi connectivity index (χ0n) is 8.42. The van der Waals surface area contributed by atoms with E-state index in [1.807, 2.05) is 30.3 Å². The molecule has 2 aromatic heterocycles. The molecule has 16 heavy (non-hydrogen) atoms. The molecule has 2 heterocycles. The van der Waals surface area contributed by atoms with E-state index in [2.05, 4.69) is 10.2 Å². The number of rotatable bonds is 1. The van der Waals surface area contributed by atoms with Gasteiger partial charge in [0.2, 0.25) is 0 Å². The average molecular weight is 211 g/mol. The molecule has 0 fully saturated rings. The molecule has 1 aromatic carbocycles. The number of hydrogen-bond acceptors (Lipinski definition) is 4. The van der Waals surface area contributed by atoms with E-state index in [9.17, 15) is 0 Å². The third-order valence-electron chi connectivity index (χ3n) is 2.44. The van der Waals surface area contributed by atoms with E-state index in [4.69, 9.17) is 10.2 Å². The third kappa shape index (κ3) is 1.32. The van der Waals surface area contributed by atoms with Crippen LogP contribution in [0.15, 0.2) is 47.1 Å². The van der Waals surface area contributed by atoms with Crippen LogP contribution in [0, 0.1) is 0 Å². The van der Waals surface area contributed by atoms with Crippen molar-refractivity contribution in [3.05, 3.63) is 42.7 Å². The van der Waals surface area contributed by atoms with E-state index in [-0.39, 0.29) is 0 Å². The van der Waals surface area contributed by atoms with Crippen molar-refractivity contribution in [1.82, 2.24) is 10.2 Å². The van der Waals surface area contributed by atoms with Gasteiger partial charge in [0.15, 0.2) is 0 Å². The molecule has 0 amide bonds. The number of benzene rings is 1. The van der Waals surface area contributed by atoms with Crippen LogP contribution >= 0.6 is 0 Å². The number of para-hydroxylation sites is 1. The first kappa shape index (κ1) is 8.91. The Morgan fingerprint density at radius 2 is 1.88 bits per heavy atom. The molecule has 0 aliphatic heterocycles. The Balaban J connectivity index is 2.22. The van der Waals surface area contributed by atoms with Crippen LogP contribution in [0.3, 0.4) is 0 Å². The fourth-order valence-corrected chi connectivity index (χ4v) is 1.66. The van der Waals surface area contributed by atoms with Crippen LogP contribution in [0.4, 0.5) is 5.82 Å². The minimum Gasteiger partial charge on any atom is -0.464 e. The molecule has 78 valence electrons. The highest BCUT2D eigenvalue weighted by atomic mass is 16.3. The number of anilines is 1. The smallest absolute Gasteiger partial charge is 0.146 e. The van der Waals surface area contributed by atoms with Gasteiger partial charge in [-0.05, 0) is 18.2 Å². The third-order valence-corrected chi connectivity index (χ3v) is 2.44. The van der Waals surface area contributed by atoms with Crippen LogP contribution in [0.2, 0.25) is 0 Å². The molecule has 0 radical (unpaired) electrons. The van der Waals surface area contributed by atoms with Crippen molar-refractivity contribution in [3.8, 4) is 11.3 Å². The second-order valence-corrected chi connectivity index (χ2v) is 3.49. The lowest BCUT2D eigenvalue weighted by Gasteiger charge is -1.96. The van der Waals surface area contributed by atoms with Gasteiger partial charge in [0.05, 0.1) is 5.69 Å². The first-order valence-corrected chi connectivity index (χ1v) is 4.90. The Morgan fingerprint density at radius 3 is 2.69 bits per heavy atom. The number of nitrogens with two attached hydrogens (primary N) is 1. The highest BCUT2D eigenvalue weighted by Crippen LogP contribution is 2.28. The molecular weight excluding hydrogens is 202 g/mol. The topological polar surface area (TPSA) is 64.9 Å². The van der Waals surface area contributed by atoms with Crippen molar-refractivity contribution in [1.29, 1.82) is 0 Å². The van der Waals surface area contributed by atoms with E-state index in [1.54, 1.807) is 12.3 Å². The highest BCUT2D eigenvalue weighted by molar-refractivity contribution is 5.92. The monoisotopic (exact) mass is 211 g/mol. The quantitative estimate of drug-likeness (QED) is 0.671. The van der Waals surface area contributed by atoms with Gasteiger partial charge < -0.3 is 10.2 Å². The summed E-state index contributed by atoms with van der Waals surface area (Å²) in [7, 11) is 0. The van der Waals surface area contributed by atoms with E-state index in [0.29, 0.717) is 5.82 Å². The van der Waals surface area contributed by atoms with Crippen molar-refractivity contribution in [2.24, 2.45) is 0 Å². The lowest BCUT2D eigenvalue weighted by molar-refractivity contribution is 0.616. The number of hydrogen-bond donors (Lipinski definition) is 1. The minimum atomic E-state index is 0.413. The van der Waals surface area contributed by atoms with Gasteiger partial charge in [-0.2, -0.15) is 0 Å². The van der Waals surface area contributed by atoms with Gasteiger partial charge in [-0.3, -0.25) is 0 Å². The Hall–Kier alpha value is -2.36. The summed E-state index contributed by atoms with van der Waals surface area (Å²) in [6.07, 6.45) is 1.69. The second kappa shape index (κ2) is 3.34. The van der Waals surface area contributed by atoms with E-state index < -0.39 is 0 Å². The minimum absolute atomic E-state index is 0.413. The summed E-state index contributed by atoms with van der Waals surface area (Å²) in [5, 5.41) is 8.89. The van der Waals surface area contributed by atoms with Crippen molar-refractivity contribution >= 4 is 16.8 Å². The summed E-state index contributed by atoms with van der Waals surface area (Å²) < 4.78 is 5.43. The number of nitrogens with zero attached hydrogens (tertiary/aromatic N) is 2. The average Bonchev–Trinajstić information content (AvgIpc) is 2.74. The van der Waals surface area contributed by atoms with Crippen LogP contribution in [-0.2, 0) is 0 Å². The Labute approximate surface area is 91.7 Å². The second-order valence-electron chi connectivity index (χ2n) is 3.49. The van der Waals surface area contributed by atoms with Gasteiger partial charge in [-0.1, -0.05) is 18.2 Å². The Kier molecular flexibility index (Phi) is 1.86. The van der Waals surface area contributed by atoms with Crippen LogP contribution < -0.4 is 5.73 Å². The molecule has 0 spiro atoms. The van der Waals surface area contributed by atoms with Crippen molar-refractivity contribution in [2.75, 3.05) is 5.73 Å². The molecule has 3 aromatic rings. The van der Waals surface area contributed by atoms with Gasteiger partial charge in [-0.15, -0.1) is 10.2 Å². The number of fused-ring (bicyclic) bond motifs is 1. The predicted molar refractivity (Wildman–Crippen MR) is 61.7 cm³/mol. The van der Waals surface area contributed by atoms with E-state index in [0.717, 1.165) is 22.2 Å². The molecule has 4 heteroatoms. The fourth-order valence-electron chi connectivity index (χ4n) is 1.66. The lowest BCUT2D eigenvalue weighted by Crippen LogP contribution is -1.93. The van der Waals surface area contributed by atoms with Crippen LogP contribution in [0.25, 0.3) is 22.2 Å². The zero-order chi connectivity index (χ0) is 11.0. The maximum Gasteiger partial charge on any atom is 0.146 e. The molecule has 4 nitrogen and oxygen atoms in total. The molecule has 0 aliphatic rings. The molecule has 3 rings (SSSR count). The van der Waals surface area contributed by atoms with Gasteiger partial charge in [0.1, 0.15) is 17.7 Å². The molecule has 0 unspecified atom stereocenters. The van der Waals surface area contributed by atoms with Crippen molar-refractivity contribution in [2.45, 2.75) is 0 Å². The molecule has 0 saturated heterocycles. The molecule has 0 aliphatic carbocycles. The number of aromatic nitrogens is 2. The summed E-state index contributed by atoms with van der Waals surface area (Å²) in [6, 6.07) is 11.4. The highest BCUT2D eigenvalue weighted by Gasteiger charge is 2.08. The summed E-state index contributed by atoms with van der Waals surface area (Å²) in [4.78, 5) is 0. The van der Waals surface area contributed by atoms with E-state index in [1.165, 1.54) is 0 Å². The van der Waals surface area contributed by atoms with Crippen LogP contribution in [-0.4, -0.2) is 10.2 Å². The lowest BCUT2D eigenvalue weighted by atomic mass is 10.1. The zero-order valence-corrected chi connectivity index (χ0v) is 8.42. The van der Waals surface area contributed by atoms with Gasteiger partial charge in [-0.25, -0.2) is 0 Å². The van der Waals surface area contributed by atoms with Crippen LogP contribution in [0.5, 0.6) is 0 Å². The van der Waals surface area contributed by atoms with Gasteiger partial charge >= 0.3 is 0 Å². The standard InChI is InChI=1S/C12H9N3O/c13-12-6-5-10(14-15-12)9-7-16-11-4-2-1-3-8(9)11/h1-7H,(H2,13,15). The molecule has 0 saturated carbocycles. The van der Waals surface area contributed by atoms with Crippen LogP contribution in [0.1, 0.15) is 0 Å². The maximum atomic E-state index is 5.50. The predicted octanol–water partition coefficient (Wildman–Crippen LogP) is 2.47. The summed E-state index contributed by atoms with van der Waals surface area (Å²) in [5.41, 5.74) is 8.04. The Bertz CT molecular complexity index is 628. The number of furan rings is 1. The maximum absolute atomic E-state index is 5.50. The first-order valence-electron chi connectivity index (χ1n) is 4.90.